The molecule has 144 valence electrons. The van der Waals surface area contributed by atoms with Crippen molar-refractivity contribution in [2.24, 2.45) is 0 Å². The Balaban J connectivity index is 2.11. The number of methoxy groups -OCH3 is 1. The Labute approximate surface area is 162 Å². The lowest BCUT2D eigenvalue weighted by Crippen LogP contribution is -2.00. The number of benzene rings is 2. The molecule has 0 aliphatic heterocycles. The van der Waals surface area contributed by atoms with Gasteiger partial charge in [-0.3, -0.25) is 4.98 Å². The second-order valence-electron chi connectivity index (χ2n) is 6.39. The molecular weight excluding hydrogens is 359 g/mol. The molecule has 0 aliphatic rings. The number of carboxylic acids is 1. The number of carbonyl (C=O) groups is 1. The quantitative estimate of drug-likeness (QED) is 0.624. The molecule has 0 unspecified atom stereocenters. The van der Waals surface area contributed by atoms with Crippen molar-refractivity contribution in [2.45, 2.75) is 26.2 Å². The highest BCUT2D eigenvalue weighted by Gasteiger charge is 2.15. The number of halogens is 1. The van der Waals surface area contributed by atoms with E-state index in [9.17, 15) is 9.18 Å². The Hall–Kier alpha value is -3.28. The molecule has 1 heterocycles. The molecule has 0 spiro atoms. The van der Waals surface area contributed by atoms with Crippen LogP contribution in [0.2, 0.25) is 0 Å². The SMILES string of the molecule is CCCCc1cnc(-c2ccc(OC)c(F)c2)c(-c2ccc(C(=O)O)cc2)n1. The minimum atomic E-state index is -0.994. The van der Waals surface area contributed by atoms with Crippen LogP contribution in [-0.4, -0.2) is 28.2 Å². The first-order valence-corrected chi connectivity index (χ1v) is 9.07. The van der Waals surface area contributed by atoms with E-state index >= 15 is 0 Å². The summed E-state index contributed by atoms with van der Waals surface area (Å²) in [6.45, 7) is 2.10. The number of ether oxygens (including phenoxy) is 1. The molecule has 0 aliphatic carbocycles. The van der Waals surface area contributed by atoms with Crippen LogP contribution in [0.3, 0.4) is 0 Å². The molecule has 0 bridgehead atoms. The first-order chi connectivity index (χ1) is 13.5. The van der Waals surface area contributed by atoms with E-state index in [1.807, 2.05) is 0 Å². The summed E-state index contributed by atoms with van der Waals surface area (Å²) in [6.07, 6.45) is 4.53. The lowest BCUT2D eigenvalue weighted by atomic mass is 10.0. The number of nitrogens with zero attached hydrogens (tertiary/aromatic N) is 2. The van der Waals surface area contributed by atoms with Crippen LogP contribution >= 0.6 is 0 Å². The Kier molecular flexibility index (Phi) is 5.99. The molecule has 0 fully saturated rings. The molecule has 0 saturated heterocycles. The Morgan fingerprint density at radius 1 is 1.11 bits per heavy atom. The van der Waals surface area contributed by atoms with Gasteiger partial charge in [-0.2, -0.15) is 0 Å². The van der Waals surface area contributed by atoms with Crippen molar-refractivity contribution < 1.29 is 19.0 Å². The van der Waals surface area contributed by atoms with Crippen LogP contribution in [-0.2, 0) is 6.42 Å². The maximum atomic E-state index is 14.2. The van der Waals surface area contributed by atoms with Crippen LogP contribution in [0.25, 0.3) is 22.5 Å². The average Bonchev–Trinajstić information content (AvgIpc) is 2.72. The van der Waals surface area contributed by atoms with Crippen LogP contribution in [0.5, 0.6) is 5.75 Å². The van der Waals surface area contributed by atoms with Crippen LogP contribution in [0.4, 0.5) is 4.39 Å². The molecule has 1 aromatic heterocycles. The van der Waals surface area contributed by atoms with Gasteiger partial charge < -0.3 is 9.84 Å². The first kappa shape index (κ1) is 19.5. The van der Waals surface area contributed by atoms with Crippen molar-refractivity contribution in [2.75, 3.05) is 7.11 Å². The molecule has 0 saturated carbocycles. The van der Waals surface area contributed by atoms with Gasteiger partial charge in [-0.05, 0) is 43.2 Å². The van der Waals surface area contributed by atoms with Crippen LogP contribution in [0.1, 0.15) is 35.8 Å². The summed E-state index contributed by atoms with van der Waals surface area (Å²) >= 11 is 0. The van der Waals surface area contributed by atoms with Gasteiger partial charge in [0.1, 0.15) is 0 Å². The zero-order valence-corrected chi connectivity index (χ0v) is 15.8. The number of unbranched alkanes of at least 4 members (excludes halogenated alkanes) is 1. The summed E-state index contributed by atoms with van der Waals surface area (Å²) in [6, 6.07) is 11.1. The third kappa shape index (κ3) is 4.17. The first-order valence-electron chi connectivity index (χ1n) is 9.07. The molecule has 5 nitrogen and oxygen atoms in total. The second-order valence-corrected chi connectivity index (χ2v) is 6.39. The number of rotatable bonds is 7. The van der Waals surface area contributed by atoms with E-state index in [1.54, 1.807) is 30.5 Å². The number of carboxylic acid groups (broad SMARTS) is 1. The summed E-state index contributed by atoms with van der Waals surface area (Å²) in [5.74, 6) is -1.32. The minimum absolute atomic E-state index is 0.156. The van der Waals surface area contributed by atoms with Gasteiger partial charge in [0, 0.05) is 17.3 Å². The van der Waals surface area contributed by atoms with E-state index in [2.05, 4.69) is 11.9 Å². The molecule has 0 radical (unpaired) electrons. The van der Waals surface area contributed by atoms with Crippen molar-refractivity contribution in [1.29, 1.82) is 0 Å². The largest absolute Gasteiger partial charge is 0.494 e. The second kappa shape index (κ2) is 8.61. The Morgan fingerprint density at radius 2 is 1.82 bits per heavy atom. The van der Waals surface area contributed by atoms with E-state index < -0.39 is 11.8 Å². The van der Waals surface area contributed by atoms with E-state index in [0.717, 1.165) is 30.5 Å². The predicted molar refractivity (Wildman–Crippen MR) is 105 cm³/mol. The summed E-state index contributed by atoms with van der Waals surface area (Å²) < 4.78 is 19.2. The van der Waals surface area contributed by atoms with Gasteiger partial charge in [0.2, 0.25) is 0 Å². The topological polar surface area (TPSA) is 72.3 Å². The maximum absolute atomic E-state index is 14.2. The zero-order chi connectivity index (χ0) is 20.1. The van der Waals surface area contributed by atoms with Gasteiger partial charge in [0.05, 0.1) is 29.8 Å². The highest BCUT2D eigenvalue weighted by molar-refractivity contribution is 5.88. The molecule has 6 heteroatoms. The highest BCUT2D eigenvalue weighted by atomic mass is 19.1. The van der Waals surface area contributed by atoms with Gasteiger partial charge in [-0.1, -0.05) is 25.5 Å². The molecular formula is C22H21FN2O3. The number of hydrogen-bond acceptors (Lipinski definition) is 4. The number of aromatic carboxylic acids is 1. The van der Waals surface area contributed by atoms with E-state index in [0.29, 0.717) is 17.0 Å². The number of hydrogen-bond donors (Lipinski definition) is 1. The van der Waals surface area contributed by atoms with Crippen LogP contribution in [0.15, 0.2) is 48.7 Å². The summed E-state index contributed by atoms with van der Waals surface area (Å²) in [4.78, 5) is 20.4. The smallest absolute Gasteiger partial charge is 0.335 e. The highest BCUT2D eigenvalue weighted by Crippen LogP contribution is 2.31. The van der Waals surface area contributed by atoms with Crippen molar-refractivity contribution in [1.82, 2.24) is 9.97 Å². The molecule has 2 aromatic carbocycles. The van der Waals surface area contributed by atoms with Gasteiger partial charge in [0.15, 0.2) is 11.6 Å². The lowest BCUT2D eigenvalue weighted by molar-refractivity contribution is 0.0697. The third-order valence-corrected chi connectivity index (χ3v) is 4.44. The fourth-order valence-electron chi connectivity index (χ4n) is 2.90. The fraction of sp³-hybridized carbons (Fsp3) is 0.227. The third-order valence-electron chi connectivity index (χ3n) is 4.44. The van der Waals surface area contributed by atoms with Crippen molar-refractivity contribution in [3.63, 3.8) is 0 Å². The summed E-state index contributed by atoms with van der Waals surface area (Å²) in [5, 5.41) is 9.12. The van der Waals surface area contributed by atoms with E-state index in [4.69, 9.17) is 14.8 Å². The molecule has 3 aromatic rings. The minimum Gasteiger partial charge on any atom is -0.494 e. The maximum Gasteiger partial charge on any atom is 0.335 e. The normalized spacial score (nSPS) is 10.7. The summed E-state index contributed by atoms with van der Waals surface area (Å²) in [5.41, 5.74) is 3.46. The van der Waals surface area contributed by atoms with Crippen LogP contribution in [0, 0.1) is 5.82 Å². The van der Waals surface area contributed by atoms with E-state index in [1.165, 1.54) is 25.3 Å². The monoisotopic (exact) mass is 380 g/mol. The van der Waals surface area contributed by atoms with Crippen molar-refractivity contribution in [3.8, 4) is 28.3 Å². The number of aromatic nitrogens is 2. The van der Waals surface area contributed by atoms with E-state index in [-0.39, 0.29) is 11.3 Å². The van der Waals surface area contributed by atoms with Crippen molar-refractivity contribution >= 4 is 5.97 Å². The predicted octanol–water partition coefficient (Wildman–Crippen LogP) is 5.00. The molecule has 1 N–H and O–H groups in total. The number of aryl methyl sites for hydroxylation is 1. The zero-order valence-electron chi connectivity index (χ0n) is 15.8. The molecule has 0 amide bonds. The average molecular weight is 380 g/mol. The van der Waals surface area contributed by atoms with Gasteiger partial charge in [0.25, 0.3) is 0 Å². The van der Waals surface area contributed by atoms with Crippen molar-refractivity contribution in [3.05, 3.63) is 65.7 Å². The fourth-order valence-corrected chi connectivity index (χ4v) is 2.90. The van der Waals surface area contributed by atoms with Gasteiger partial charge in [-0.25, -0.2) is 14.2 Å². The van der Waals surface area contributed by atoms with Gasteiger partial charge in [-0.15, -0.1) is 0 Å². The summed E-state index contributed by atoms with van der Waals surface area (Å²) in [7, 11) is 1.41. The Morgan fingerprint density at radius 3 is 2.43 bits per heavy atom. The molecule has 28 heavy (non-hydrogen) atoms. The van der Waals surface area contributed by atoms with Crippen LogP contribution < -0.4 is 4.74 Å². The Bertz CT molecular complexity index is 988. The standard InChI is InChI=1S/C22H21FN2O3/c1-3-4-5-17-13-24-20(16-10-11-19(28-2)18(23)12-16)21(25-17)14-6-8-15(9-7-14)22(26)27/h6-13H,3-5H2,1-2H3,(H,26,27). The molecule has 0 atom stereocenters. The molecule has 3 rings (SSSR count). The van der Waals surface area contributed by atoms with Gasteiger partial charge >= 0.3 is 5.97 Å². The lowest BCUT2D eigenvalue weighted by Gasteiger charge is -2.12.